The first-order valence-corrected chi connectivity index (χ1v) is 12.9. The summed E-state index contributed by atoms with van der Waals surface area (Å²) in [5.74, 6) is 0. The van der Waals surface area contributed by atoms with Crippen LogP contribution in [0.1, 0.15) is 55.4 Å². The average molecular weight is 448 g/mol. The van der Waals surface area contributed by atoms with Crippen molar-refractivity contribution < 1.29 is 4.58 Å². The van der Waals surface area contributed by atoms with Crippen molar-refractivity contribution in [1.29, 1.82) is 0 Å². The molecule has 3 heterocycles. The number of nitrogens with zero attached hydrogens (tertiary/aromatic N) is 2. The molecule has 0 amide bonds. The first-order chi connectivity index (χ1) is 16.6. The van der Waals surface area contributed by atoms with E-state index in [9.17, 15) is 0 Å². The zero-order valence-electron chi connectivity index (χ0n) is 20.8. The molecular formula is C32H35N2+. The SMILES string of the molecule is CC=CCC1(C)C(C=Cc2cc3c4c(c2)CCCN4CCC3)=[N+](C)c2ccc3ccccc3c21. The van der Waals surface area contributed by atoms with Crippen molar-refractivity contribution in [2.45, 2.75) is 51.4 Å². The molecular weight excluding hydrogens is 412 g/mol. The van der Waals surface area contributed by atoms with Crippen molar-refractivity contribution in [1.82, 2.24) is 0 Å². The number of aryl methyl sites for hydroxylation is 2. The molecule has 3 aromatic rings. The number of hydrogen-bond donors (Lipinski definition) is 0. The van der Waals surface area contributed by atoms with Gasteiger partial charge in [0.1, 0.15) is 7.05 Å². The fourth-order valence-electron chi connectivity index (χ4n) is 6.71. The van der Waals surface area contributed by atoms with E-state index in [4.69, 9.17) is 0 Å². The summed E-state index contributed by atoms with van der Waals surface area (Å²) < 4.78 is 2.42. The van der Waals surface area contributed by atoms with Crippen molar-refractivity contribution in [2.24, 2.45) is 0 Å². The summed E-state index contributed by atoms with van der Waals surface area (Å²) in [6, 6.07) is 18.3. The minimum absolute atomic E-state index is 0.0623. The van der Waals surface area contributed by atoms with E-state index >= 15 is 0 Å². The van der Waals surface area contributed by atoms with E-state index in [1.165, 1.54) is 72.1 Å². The third kappa shape index (κ3) is 3.27. The Morgan fingerprint density at radius 2 is 1.71 bits per heavy atom. The van der Waals surface area contributed by atoms with Gasteiger partial charge in [0.15, 0.2) is 5.71 Å². The molecule has 0 saturated carbocycles. The first kappa shape index (κ1) is 21.4. The molecule has 3 aliphatic rings. The van der Waals surface area contributed by atoms with Gasteiger partial charge in [0, 0.05) is 36.5 Å². The van der Waals surface area contributed by atoms with Crippen LogP contribution in [-0.4, -0.2) is 30.4 Å². The predicted octanol–water partition coefficient (Wildman–Crippen LogP) is 7.20. The number of anilines is 1. The number of rotatable bonds is 4. The molecule has 0 aliphatic carbocycles. The number of hydrogen-bond acceptors (Lipinski definition) is 1. The summed E-state index contributed by atoms with van der Waals surface area (Å²) in [6.07, 6.45) is 15.3. The van der Waals surface area contributed by atoms with E-state index in [2.05, 4.69) is 103 Å². The van der Waals surface area contributed by atoms with Crippen LogP contribution in [0, 0.1) is 0 Å². The lowest BCUT2D eigenvalue weighted by molar-refractivity contribution is -0.401. The highest BCUT2D eigenvalue weighted by atomic mass is 15.1. The summed E-state index contributed by atoms with van der Waals surface area (Å²) in [5, 5.41) is 2.70. The van der Waals surface area contributed by atoms with Gasteiger partial charge in [-0.05, 0) is 97.7 Å². The van der Waals surface area contributed by atoms with Gasteiger partial charge in [0.05, 0.1) is 5.41 Å². The van der Waals surface area contributed by atoms with Gasteiger partial charge in [-0.15, -0.1) is 0 Å². The molecule has 0 saturated heterocycles. The lowest BCUT2D eigenvalue weighted by atomic mass is 9.74. The molecule has 0 bridgehead atoms. The predicted molar refractivity (Wildman–Crippen MR) is 146 cm³/mol. The molecule has 0 aromatic heterocycles. The van der Waals surface area contributed by atoms with E-state index in [1.54, 1.807) is 16.8 Å². The largest absolute Gasteiger partial charge is 0.371 e. The van der Waals surface area contributed by atoms with E-state index in [-0.39, 0.29) is 5.41 Å². The minimum Gasteiger partial charge on any atom is -0.371 e. The highest BCUT2D eigenvalue weighted by Crippen LogP contribution is 2.46. The summed E-state index contributed by atoms with van der Waals surface area (Å²) in [4.78, 5) is 2.63. The smallest absolute Gasteiger partial charge is 0.210 e. The Labute approximate surface area is 203 Å². The van der Waals surface area contributed by atoms with Crippen LogP contribution in [-0.2, 0) is 18.3 Å². The summed E-state index contributed by atoms with van der Waals surface area (Å²) >= 11 is 0. The van der Waals surface area contributed by atoms with Crippen molar-refractivity contribution in [3.63, 3.8) is 0 Å². The average Bonchev–Trinajstić information content (AvgIpc) is 3.08. The highest BCUT2D eigenvalue weighted by Gasteiger charge is 2.46. The Bertz CT molecular complexity index is 1340. The Morgan fingerprint density at radius 3 is 2.44 bits per heavy atom. The van der Waals surface area contributed by atoms with Crippen molar-refractivity contribution in [3.05, 3.63) is 89.0 Å². The molecule has 0 radical (unpaired) electrons. The Morgan fingerprint density at radius 1 is 0.971 bits per heavy atom. The number of benzene rings is 3. The monoisotopic (exact) mass is 447 g/mol. The van der Waals surface area contributed by atoms with Crippen molar-refractivity contribution in [3.8, 4) is 0 Å². The van der Waals surface area contributed by atoms with Crippen LogP contribution in [0.15, 0.2) is 66.8 Å². The fraction of sp³-hybridized carbons (Fsp3) is 0.344. The maximum atomic E-state index is 2.63. The van der Waals surface area contributed by atoms with E-state index in [0.717, 1.165) is 6.42 Å². The van der Waals surface area contributed by atoms with Gasteiger partial charge in [0.25, 0.3) is 0 Å². The highest BCUT2D eigenvalue weighted by molar-refractivity contribution is 6.09. The van der Waals surface area contributed by atoms with Gasteiger partial charge in [-0.1, -0.05) is 36.4 Å². The molecule has 1 atom stereocenters. The molecule has 34 heavy (non-hydrogen) atoms. The third-order valence-electron chi connectivity index (χ3n) is 8.30. The van der Waals surface area contributed by atoms with Crippen LogP contribution < -0.4 is 4.90 Å². The van der Waals surface area contributed by atoms with E-state index in [1.807, 2.05) is 0 Å². The molecule has 2 heteroatoms. The maximum Gasteiger partial charge on any atom is 0.210 e. The minimum atomic E-state index is -0.0623. The molecule has 0 spiro atoms. The van der Waals surface area contributed by atoms with Crippen LogP contribution in [0.3, 0.4) is 0 Å². The van der Waals surface area contributed by atoms with Crippen LogP contribution in [0.2, 0.25) is 0 Å². The molecule has 6 rings (SSSR count). The van der Waals surface area contributed by atoms with Crippen LogP contribution >= 0.6 is 0 Å². The summed E-state index contributed by atoms with van der Waals surface area (Å²) in [7, 11) is 2.24. The number of fused-ring (bicyclic) bond motifs is 3. The van der Waals surface area contributed by atoms with Gasteiger partial charge in [-0.2, -0.15) is 4.58 Å². The van der Waals surface area contributed by atoms with Gasteiger partial charge in [0.2, 0.25) is 5.69 Å². The Kier molecular flexibility index (Phi) is 5.21. The quantitative estimate of drug-likeness (QED) is 0.303. The number of allylic oxidation sites excluding steroid dienone is 3. The topological polar surface area (TPSA) is 6.25 Å². The molecule has 0 N–H and O–H groups in total. The van der Waals surface area contributed by atoms with Gasteiger partial charge < -0.3 is 4.90 Å². The summed E-state index contributed by atoms with van der Waals surface area (Å²) in [5.41, 5.74) is 10.1. The second kappa shape index (κ2) is 8.27. The van der Waals surface area contributed by atoms with Gasteiger partial charge in [-0.25, -0.2) is 0 Å². The van der Waals surface area contributed by atoms with E-state index in [0.29, 0.717) is 0 Å². The second-order valence-corrected chi connectivity index (χ2v) is 10.4. The van der Waals surface area contributed by atoms with Crippen LogP contribution in [0.25, 0.3) is 16.8 Å². The molecule has 1 unspecified atom stereocenters. The lowest BCUT2D eigenvalue weighted by Crippen LogP contribution is -2.34. The Hall–Kier alpha value is -3.13. The molecule has 2 nitrogen and oxygen atoms in total. The molecule has 3 aromatic carbocycles. The Balaban J connectivity index is 1.45. The summed E-state index contributed by atoms with van der Waals surface area (Å²) in [6.45, 7) is 7.01. The van der Waals surface area contributed by atoms with Gasteiger partial charge in [-0.3, -0.25) is 0 Å². The third-order valence-corrected chi connectivity index (χ3v) is 8.30. The normalized spacial score (nSPS) is 21.7. The molecule has 172 valence electrons. The molecule has 3 aliphatic heterocycles. The maximum absolute atomic E-state index is 2.63. The van der Waals surface area contributed by atoms with Crippen LogP contribution in [0.5, 0.6) is 0 Å². The zero-order valence-corrected chi connectivity index (χ0v) is 20.8. The second-order valence-electron chi connectivity index (χ2n) is 10.4. The molecule has 0 fully saturated rings. The van der Waals surface area contributed by atoms with E-state index < -0.39 is 0 Å². The standard InChI is InChI=1S/C32H35N2/c1-4-5-18-32(2)29(33(3)28-16-15-24-10-6-7-13-27(24)30(28)32)17-14-23-21-25-11-8-19-34-20-9-12-26(22-23)31(25)34/h4-7,10,13-17,21-22H,8-9,11-12,18-20H2,1-3H3/q+1. The van der Waals surface area contributed by atoms with Gasteiger partial charge >= 0.3 is 0 Å². The fourth-order valence-corrected chi connectivity index (χ4v) is 6.71. The van der Waals surface area contributed by atoms with Crippen molar-refractivity contribution >= 4 is 33.9 Å². The first-order valence-electron chi connectivity index (χ1n) is 12.9. The zero-order chi connectivity index (χ0) is 23.3. The van der Waals surface area contributed by atoms with Crippen molar-refractivity contribution in [2.75, 3.05) is 25.0 Å². The van der Waals surface area contributed by atoms with Crippen LogP contribution in [0.4, 0.5) is 11.4 Å². The lowest BCUT2D eigenvalue weighted by Gasteiger charge is -2.37.